The molecule has 5 nitrogen and oxygen atoms in total. The Kier molecular flexibility index (Phi) is 5.82. The number of nitriles is 1. The Morgan fingerprint density at radius 1 is 1.15 bits per heavy atom. The molecule has 2 rings (SSSR count). The first-order valence-electron chi connectivity index (χ1n) is 7.69. The SMILES string of the molecule is N#CC1CCCC(NCCS(=O)(=O)NCC2CCC2)C1. The Hall–Kier alpha value is -0.640. The van der Waals surface area contributed by atoms with E-state index in [9.17, 15) is 8.42 Å². The van der Waals surface area contributed by atoms with E-state index >= 15 is 0 Å². The zero-order chi connectivity index (χ0) is 14.4. The van der Waals surface area contributed by atoms with Crippen molar-refractivity contribution < 1.29 is 8.42 Å². The summed E-state index contributed by atoms with van der Waals surface area (Å²) in [5, 5.41) is 12.2. The van der Waals surface area contributed by atoms with Gasteiger partial charge in [-0.25, -0.2) is 13.1 Å². The highest BCUT2D eigenvalue weighted by Crippen LogP contribution is 2.25. The van der Waals surface area contributed by atoms with Gasteiger partial charge in [-0.2, -0.15) is 5.26 Å². The first kappa shape index (κ1) is 15.7. The van der Waals surface area contributed by atoms with Gasteiger partial charge in [-0.1, -0.05) is 12.8 Å². The molecule has 0 aliphatic heterocycles. The third kappa shape index (κ3) is 5.04. The first-order chi connectivity index (χ1) is 9.59. The Balaban J connectivity index is 1.62. The maximum absolute atomic E-state index is 11.8. The molecule has 0 spiro atoms. The van der Waals surface area contributed by atoms with Gasteiger partial charge in [-0.3, -0.25) is 0 Å². The van der Waals surface area contributed by atoms with Crippen molar-refractivity contribution in [1.29, 1.82) is 5.26 Å². The molecule has 2 N–H and O–H groups in total. The summed E-state index contributed by atoms with van der Waals surface area (Å²) in [7, 11) is -3.15. The molecule has 6 heteroatoms. The Bertz CT molecular complexity index is 440. The molecule has 0 saturated heterocycles. The summed E-state index contributed by atoms with van der Waals surface area (Å²) in [6, 6.07) is 2.62. The second kappa shape index (κ2) is 7.39. The third-order valence-corrected chi connectivity index (χ3v) is 5.83. The predicted octanol–water partition coefficient (Wildman–Crippen LogP) is 1.38. The van der Waals surface area contributed by atoms with Crippen molar-refractivity contribution >= 4 is 10.0 Å². The first-order valence-corrected chi connectivity index (χ1v) is 9.34. The summed E-state index contributed by atoms with van der Waals surface area (Å²) in [5.74, 6) is 0.815. The summed E-state index contributed by atoms with van der Waals surface area (Å²) < 4.78 is 26.4. The molecule has 0 aromatic heterocycles. The monoisotopic (exact) mass is 299 g/mol. The number of hydrogen-bond donors (Lipinski definition) is 2. The molecule has 0 heterocycles. The van der Waals surface area contributed by atoms with Gasteiger partial charge in [-0.15, -0.1) is 0 Å². The molecule has 0 amide bonds. The van der Waals surface area contributed by atoms with E-state index in [1.807, 2.05) is 0 Å². The number of rotatable bonds is 7. The van der Waals surface area contributed by atoms with E-state index in [1.54, 1.807) is 0 Å². The Labute approximate surface area is 122 Å². The molecule has 0 aromatic rings. The minimum absolute atomic E-state index is 0.132. The van der Waals surface area contributed by atoms with Gasteiger partial charge in [-0.05, 0) is 38.0 Å². The topological polar surface area (TPSA) is 82.0 Å². The Morgan fingerprint density at radius 3 is 2.55 bits per heavy atom. The second-order valence-electron chi connectivity index (χ2n) is 6.11. The number of hydrogen-bond acceptors (Lipinski definition) is 4. The summed E-state index contributed by atoms with van der Waals surface area (Å²) in [6.45, 7) is 1.07. The fraction of sp³-hybridized carbons (Fsp3) is 0.929. The van der Waals surface area contributed by atoms with E-state index in [0.29, 0.717) is 25.0 Å². The van der Waals surface area contributed by atoms with Crippen LogP contribution in [0.4, 0.5) is 0 Å². The molecule has 2 atom stereocenters. The summed E-state index contributed by atoms with van der Waals surface area (Å²) >= 11 is 0. The molecule has 2 unspecified atom stereocenters. The fourth-order valence-corrected chi connectivity index (χ4v) is 3.92. The van der Waals surface area contributed by atoms with Gasteiger partial charge in [0.1, 0.15) is 0 Å². The molecular formula is C14H25N3O2S. The lowest BCUT2D eigenvalue weighted by Crippen LogP contribution is -2.40. The van der Waals surface area contributed by atoms with Gasteiger partial charge < -0.3 is 5.32 Å². The van der Waals surface area contributed by atoms with Crippen LogP contribution < -0.4 is 10.0 Å². The van der Waals surface area contributed by atoms with Gasteiger partial charge in [0.05, 0.1) is 11.8 Å². The lowest BCUT2D eigenvalue weighted by Gasteiger charge is -2.27. The average molecular weight is 299 g/mol. The van der Waals surface area contributed by atoms with Gasteiger partial charge in [0.2, 0.25) is 10.0 Å². The number of sulfonamides is 1. The summed E-state index contributed by atoms with van der Waals surface area (Å²) in [5.41, 5.74) is 0. The molecule has 2 fully saturated rings. The second-order valence-corrected chi connectivity index (χ2v) is 8.03. The standard InChI is InChI=1S/C14H25N3O2S/c15-10-13-5-2-6-14(9-13)16-7-8-20(18,19)17-11-12-3-1-4-12/h12-14,16-17H,1-9,11H2. The van der Waals surface area contributed by atoms with Crippen LogP contribution in [0.3, 0.4) is 0 Å². The predicted molar refractivity (Wildman–Crippen MR) is 78.5 cm³/mol. The lowest BCUT2D eigenvalue weighted by molar-refractivity contribution is 0.316. The van der Waals surface area contributed by atoms with Crippen molar-refractivity contribution in [3.8, 4) is 6.07 Å². The molecule has 2 saturated carbocycles. The van der Waals surface area contributed by atoms with Crippen LogP contribution in [0.1, 0.15) is 44.9 Å². The van der Waals surface area contributed by atoms with Crippen LogP contribution in [0.2, 0.25) is 0 Å². The maximum atomic E-state index is 11.8. The van der Waals surface area contributed by atoms with Crippen LogP contribution >= 0.6 is 0 Å². The average Bonchev–Trinajstić information content (AvgIpc) is 2.37. The molecule has 0 radical (unpaired) electrons. The van der Waals surface area contributed by atoms with Crippen molar-refractivity contribution in [3.05, 3.63) is 0 Å². The normalized spacial score (nSPS) is 27.8. The smallest absolute Gasteiger partial charge is 0.212 e. The zero-order valence-electron chi connectivity index (χ0n) is 12.0. The van der Waals surface area contributed by atoms with Crippen molar-refractivity contribution in [1.82, 2.24) is 10.0 Å². The third-order valence-electron chi connectivity index (χ3n) is 4.48. The largest absolute Gasteiger partial charge is 0.313 e. The van der Waals surface area contributed by atoms with Gasteiger partial charge in [0, 0.05) is 25.0 Å². The number of nitrogens with one attached hydrogen (secondary N) is 2. The molecule has 2 aliphatic carbocycles. The molecule has 2 aliphatic rings. The van der Waals surface area contributed by atoms with E-state index in [0.717, 1.165) is 38.5 Å². The summed E-state index contributed by atoms with van der Waals surface area (Å²) in [4.78, 5) is 0. The Morgan fingerprint density at radius 2 is 1.90 bits per heavy atom. The number of nitrogens with zero attached hydrogens (tertiary/aromatic N) is 1. The van der Waals surface area contributed by atoms with Crippen LogP contribution in [-0.4, -0.2) is 33.3 Å². The van der Waals surface area contributed by atoms with Crippen LogP contribution in [0.25, 0.3) is 0 Å². The van der Waals surface area contributed by atoms with E-state index in [4.69, 9.17) is 5.26 Å². The lowest BCUT2D eigenvalue weighted by atomic mass is 9.86. The van der Waals surface area contributed by atoms with E-state index in [1.165, 1.54) is 6.42 Å². The van der Waals surface area contributed by atoms with Gasteiger partial charge >= 0.3 is 0 Å². The van der Waals surface area contributed by atoms with Crippen LogP contribution in [0.5, 0.6) is 0 Å². The minimum Gasteiger partial charge on any atom is -0.313 e. The van der Waals surface area contributed by atoms with Crippen molar-refractivity contribution in [2.24, 2.45) is 11.8 Å². The van der Waals surface area contributed by atoms with Gasteiger partial charge in [0.25, 0.3) is 0 Å². The van der Waals surface area contributed by atoms with Crippen LogP contribution in [0.15, 0.2) is 0 Å². The highest BCUT2D eigenvalue weighted by molar-refractivity contribution is 7.89. The van der Waals surface area contributed by atoms with Crippen molar-refractivity contribution in [3.63, 3.8) is 0 Å². The van der Waals surface area contributed by atoms with Crippen LogP contribution in [-0.2, 0) is 10.0 Å². The highest BCUT2D eigenvalue weighted by atomic mass is 32.2. The molecule has 0 bridgehead atoms. The van der Waals surface area contributed by atoms with Crippen molar-refractivity contribution in [2.75, 3.05) is 18.8 Å². The zero-order valence-corrected chi connectivity index (χ0v) is 12.8. The molecular weight excluding hydrogens is 274 g/mol. The van der Waals surface area contributed by atoms with E-state index in [2.05, 4.69) is 16.1 Å². The maximum Gasteiger partial charge on any atom is 0.212 e. The molecule has 20 heavy (non-hydrogen) atoms. The fourth-order valence-electron chi connectivity index (χ4n) is 2.90. The van der Waals surface area contributed by atoms with Crippen LogP contribution in [0, 0.1) is 23.2 Å². The van der Waals surface area contributed by atoms with E-state index < -0.39 is 10.0 Å². The molecule has 0 aromatic carbocycles. The summed E-state index contributed by atoms with van der Waals surface area (Å²) in [6.07, 6.45) is 7.48. The van der Waals surface area contributed by atoms with Crippen molar-refractivity contribution in [2.45, 2.75) is 51.0 Å². The minimum atomic E-state index is -3.15. The molecule has 114 valence electrons. The van der Waals surface area contributed by atoms with E-state index in [-0.39, 0.29) is 11.7 Å². The highest BCUT2D eigenvalue weighted by Gasteiger charge is 2.22. The van der Waals surface area contributed by atoms with Gasteiger partial charge in [0.15, 0.2) is 0 Å². The quantitative estimate of drug-likeness (QED) is 0.744.